The summed E-state index contributed by atoms with van der Waals surface area (Å²) < 4.78 is 23.2. The van der Waals surface area contributed by atoms with E-state index < -0.39 is 11.7 Å². The average Bonchev–Trinajstić information content (AvgIpc) is 2.90. The second kappa shape index (κ2) is 3.04. The first-order valence-corrected chi connectivity index (χ1v) is 5.22. The summed E-state index contributed by atoms with van der Waals surface area (Å²) in [6, 6.07) is 4.63. The summed E-state index contributed by atoms with van der Waals surface area (Å²) in [6.07, 6.45) is 0.968. The van der Waals surface area contributed by atoms with Gasteiger partial charge >= 0.3 is 5.97 Å². The second-order valence-corrected chi connectivity index (χ2v) is 4.21. The van der Waals surface area contributed by atoms with Crippen LogP contribution in [-0.2, 0) is 26.3 Å². The van der Waals surface area contributed by atoms with Crippen molar-refractivity contribution < 1.29 is 18.7 Å². The van der Waals surface area contributed by atoms with Crippen molar-refractivity contribution in [1.29, 1.82) is 0 Å². The van der Waals surface area contributed by atoms with Gasteiger partial charge in [0.05, 0.1) is 7.11 Å². The van der Waals surface area contributed by atoms with Crippen LogP contribution in [0.5, 0.6) is 0 Å². The quantitative estimate of drug-likeness (QED) is 0.534. The molecule has 0 saturated carbocycles. The number of aryl methyl sites for hydroxylation is 1. The summed E-state index contributed by atoms with van der Waals surface area (Å²) in [4.78, 5) is 11.4. The molecule has 4 heteroatoms. The highest BCUT2D eigenvalue weighted by atomic mass is 19.1. The number of ether oxygens (including phenoxy) is 2. The lowest BCUT2D eigenvalue weighted by molar-refractivity contribution is -0.142. The maximum absolute atomic E-state index is 13.0. The minimum absolute atomic E-state index is 0.244. The molecule has 1 aromatic carbocycles. The second-order valence-electron chi connectivity index (χ2n) is 4.21. The first-order chi connectivity index (χ1) is 7.67. The third kappa shape index (κ3) is 1.13. The van der Waals surface area contributed by atoms with Crippen LogP contribution in [0.2, 0.25) is 0 Å². The zero-order valence-electron chi connectivity index (χ0n) is 8.83. The number of benzene rings is 1. The Hall–Kier alpha value is -1.42. The van der Waals surface area contributed by atoms with Crippen molar-refractivity contribution in [3.05, 3.63) is 35.1 Å². The molecule has 0 aromatic heterocycles. The summed E-state index contributed by atoms with van der Waals surface area (Å²) in [5, 5.41) is 0. The third-order valence-corrected chi connectivity index (χ3v) is 3.40. The van der Waals surface area contributed by atoms with Gasteiger partial charge in [0.25, 0.3) is 0 Å². The lowest BCUT2D eigenvalue weighted by Gasteiger charge is -2.05. The summed E-state index contributed by atoms with van der Waals surface area (Å²) in [5.74, 6) is -0.594. The van der Waals surface area contributed by atoms with E-state index in [-0.39, 0.29) is 11.8 Å². The van der Waals surface area contributed by atoms with Crippen molar-refractivity contribution >= 4 is 5.97 Å². The van der Waals surface area contributed by atoms with Crippen LogP contribution < -0.4 is 0 Å². The van der Waals surface area contributed by atoms with Crippen LogP contribution >= 0.6 is 0 Å². The van der Waals surface area contributed by atoms with Crippen LogP contribution in [0.15, 0.2) is 18.2 Å². The molecule has 3 nitrogen and oxygen atoms in total. The Kier molecular flexibility index (Phi) is 1.86. The van der Waals surface area contributed by atoms with Crippen molar-refractivity contribution in [2.75, 3.05) is 7.11 Å². The van der Waals surface area contributed by atoms with Crippen LogP contribution in [0.3, 0.4) is 0 Å². The van der Waals surface area contributed by atoms with E-state index >= 15 is 0 Å². The molecule has 1 saturated heterocycles. The van der Waals surface area contributed by atoms with Gasteiger partial charge in [-0.25, -0.2) is 9.18 Å². The van der Waals surface area contributed by atoms with Crippen molar-refractivity contribution in [3.63, 3.8) is 0 Å². The molecule has 84 valence electrons. The van der Waals surface area contributed by atoms with Gasteiger partial charge in [0.2, 0.25) is 0 Å². The van der Waals surface area contributed by atoms with E-state index in [0.717, 1.165) is 24.0 Å². The summed E-state index contributed by atoms with van der Waals surface area (Å²) in [5.41, 5.74) is 1.34. The van der Waals surface area contributed by atoms with Crippen LogP contribution in [0, 0.1) is 5.82 Å². The van der Waals surface area contributed by atoms with Gasteiger partial charge in [-0.1, -0.05) is 6.07 Å². The van der Waals surface area contributed by atoms with Crippen molar-refractivity contribution in [3.8, 4) is 0 Å². The van der Waals surface area contributed by atoms with Crippen LogP contribution in [0.1, 0.15) is 17.5 Å². The molecule has 0 radical (unpaired) electrons. The molecular weight excluding hydrogens is 211 g/mol. The molecular formula is C12H11FO3. The summed E-state index contributed by atoms with van der Waals surface area (Å²) in [7, 11) is 1.35. The lowest BCUT2D eigenvalue weighted by Crippen LogP contribution is -2.18. The Labute approximate surface area is 92.2 Å². The molecule has 0 bridgehead atoms. The molecule has 3 rings (SSSR count). The first-order valence-electron chi connectivity index (χ1n) is 5.22. The minimum Gasteiger partial charge on any atom is -0.467 e. The van der Waals surface area contributed by atoms with Gasteiger partial charge in [0.15, 0.2) is 6.10 Å². The van der Waals surface area contributed by atoms with Crippen molar-refractivity contribution in [2.24, 2.45) is 0 Å². The van der Waals surface area contributed by atoms with Gasteiger partial charge in [-0.15, -0.1) is 0 Å². The number of rotatable bonds is 1. The predicted molar refractivity (Wildman–Crippen MR) is 53.3 cm³/mol. The maximum Gasteiger partial charge on any atom is 0.338 e. The maximum atomic E-state index is 13.0. The highest BCUT2D eigenvalue weighted by Gasteiger charge is 2.64. The van der Waals surface area contributed by atoms with E-state index in [1.807, 2.05) is 0 Å². The van der Waals surface area contributed by atoms with E-state index in [2.05, 4.69) is 4.74 Å². The molecule has 1 aliphatic carbocycles. The number of esters is 1. The number of methoxy groups -OCH3 is 1. The minimum atomic E-state index is -0.532. The Bertz CT molecular complexity index is 471. The number of fused-ring (bicyclic) bond motifs is 2. The monoisotopic (exact) mass is 222 g/mol. The Balaban J connectivity index is 1.97. The molecule has 0 N–H and O–H groups in total. The average molecular weight is 222 g/mol. The van der Waals surface area contributed by atoms with E-state index in [9.17, 15) is 9.18 Å². The van der Waals surface area contributed by atoms with E-state index in [1.165, 1.54) is 19.2 Å². The van der Waals surface area contributed by atoms with Crippen LogP contribution in [0.4, 0.5) is 4.39 Å². The largest absolute Gasteiger partial charge is 0.467 e. The summed E-state index contributed by atoms with van der Waals surface area (Å²) in [6.45, 7) is 0. The highest BCUT2D eigenvalue weighted by molar-refractivity contribution is 5.80. The van der Waals surface area contributed by atoms with Gasteiger partial charge in [-0.3, -0.25) is 0 Å². The first kappa shape index (κ1) is 9.78. The molecule has 0 amide bonds. The Morgan fingerprint density at radius 1 is 1.62 bits per heavy atom. The topological polar surface area (TPSA) is 38.8 Å². The van der Waals surface area contributed by atoms with E-state index in [1.54, 1.807) is 6.07 Å². The van der Waals surface area contributed by atoms with Gasteiger partial charge in [-0.2, -0.15) is 0 Å². The van der Waals surface area contributed by atoms with Crippen LogP contribution in [-0.4, -0.2) is 19.2 Å². The standard InChI is InChI=1S/C12H11FO3/c1-15-11(14)10-12(16-10)5-4-7-6-8(13)2-3-9(7)12/h2-3,6,10H,4-5H2,1H3. The zero-order chi connectivity index (χ0) is 11.3. The number of halogens is 1. The molecule has 1 aromatic rings. The molecule has 1 fully saturated rings. The molecule has 16 heavy (non-hydrogen) atoms. The number of epoxide rings is 1. The third-order valence-electron chi connectivity index (χ3n) is 3.40. The molecule has 1 heterocycles. The number of hydrogen-bond acceptors (Lipinski definition) is 3. The van der Waals surface area contributed by atoms with E-state index in [4.69, 9.17) is 4.74 Å². The number of carbonyl (C=O) groups is 1. The van der Waals surface area contributed by atoms with Gasteiger partial charge in [0.1, 0.15) is 11.4 Å². The fraction of sp³-hybridized carbons (Fsp3) is 0.417. The Morgan fingerprint density at radius 3 is 3.19 bits per heavy atom. The lowest BCUT2D eigenvalue weighted by atomic mass is 9.97. The predicted octanol–water partition coefficient (Wildman–Crippen LogP) is 1.54. The van der Waals surface area contributed by atoms with Gasteiger partial charge in [0, 0.05) is 0 Å². The molecule has 2 unspecified atom stereocenters. The fourth-order valence-corrected chi connectivity index (χ4v) is 2.55. The van der Waals surface area contributed by atoms with E-state index in [0.29, 0.717) is 0 Å². The molecule has 1 aliphatic heterocycles. The van der Waals surface area contributed by atoms with Gasteiger partial charge < -0.3 is 9.47 Å². The normalized spacial score (nSPS) is 30.2. The zero-order valence-corrected chi connectivity index (χ0v) is 8.83. The molecule has 2 atom stereocenters. The van der Waals surface area contributed by atoms with Crippen molar-refractivity contribution in [1.82, 2.24) is 0 Å². The van der Waals surface area contributed by atoms with Crippen molar-refractivity contribution in [2.45, 2.75) is 24.5 Å². The number of carbonyl (C=O) groups excluding carboxylic acids is 1. The number of hydrogen-bond donors (Lipinski definition) is 0. The highest BCUT2D eigenvalue weighted by Crippen LogP contribution is 2.55. The smallest absolute Gasteiger partial charge is 0.338 e. The molecule has 1 spiro atoms. The summed E-state index contributed by atoms with van der Waals surface area (Å²) >= 11 is 0. The van der Waals surface area contributed by atoms with Crippen LogP contribution in [0.25, 0.3) is 0 Å². The molecule has 2 aliphatic rings. The van der Waals surface area contributed by atoms with Gasteiger partial charge in [-0.05, 0) is 36.1 Å². The fourth-order valence-electron chi connectivity index (χ4n) is 2.55. The SMILES string of the molecule is COC(=O)C1OC12CCc1cc(F)ccc12. The Morgan fingerprint density at radius 2 is 2.44 bits per heavy atom.